The smallest absolute Gasteiger partial charge is 0.190 e. The maximum atomic E-state index is 5.47. The van der Waals surface area contributed by atoms with Gasteiger partial charge in [-0.25, -0.2) is 5.01 Å². The SMILES string of the molecule is COc1cccc([C@]2(C)NC(=S)N(c3ccc(Br)cc3)N2)c1. The van der Waals surface area contributed by atoms with E-state index >= 15 is 0 Å². The summed E-state index contributed by atoms with van der Waals surface area (Å²) in [6.45, 7) is 2.05. The Labute approximate surface area is 143 Å². The molecule has 0 amide bonds. The molecule has 114 valence electrons. The molecule has 0 radical (unpaired) electrons. The first-order chi connectivity index (χ1) is 10.5. The molecule has 1 aliphatic heterocycles. The van der Waals surface area contributed by atoms with E-state index < -0.39 is 5.66 Å². The molecule has 1 atom stereocenters. The number of nitrogens with one attached hydrogen (secondary N) is 2. The fourth-order valence-corrected chi connectivity index (χ4v) is 3.03. The number of hydrazine groups is 1. The Morgan fingerprint density at radius 2 is 1.91 bits per heavy atom. The van der Waals surface area contributed by atoms with Gasteiger partial charge in [0.25, 0.3) is 0 Å². The zero-order valence-corrected chi connectivity index (χ0v) is 14.7. The highest BCUT2D eigenvalue weighted by molar-refractivity contribution is 9.10. The van der Waals surface area contributed by atoms with Gasteiger partial charge in [-0.1, -0.05) is 28.1 Å². The van der Waals surface area contributed by atoms with Crippen molar-refractivity contribution in [1.29, 1.82) is 0 Å². The van der Waals surface area contributed by atoms with Gasteiger partial charge >= 0.3 is 0 Å². The standard InChI is InChI=1S/C16H16BrN3OS/c1-16(11-4-3-5-14(10-11)21-2)18-15(22)20(19-16)13-8-6-12(17)7-9-13/h3-10,19H,1-2H3,(H,18,22)/t16-/m1/s1. The Bertz CT molecular complexity index is 707. The van der Waals surface area contributed by atoms with Crippen LogP contribution in [0.25, 0.3) is 0 Å². The fraction of sp³-hybridized carbons (Fsp3) is 0.188. The topological polar surface area (TPSA) is 36.5 Å². The van der Waals surface area contributed by atoms with Crippen LogP contribution in [0.2, 0.25) is 0 Å². The van der Waals surface area contributed by atoms with Gasteiger partial charge in [0, 0.05) is 4.47 Å². The van der Waals surface area contributed by atoms with Crippen LogP contribution < -0.4 is 20.5 Å². The summed E-state index contributed by atoms with van der Waals surface area (Å²) in [6.07, 6.45) is 0. The van der Waals surface area contributed by atoms with Crippen molar-refractivity contribution in [3.8, 4) is 5.75 Å². The minimum Gasteiger partial charge on any atom is -0.497 e. The summed E-state index contributed by atoms with van der Waals surface area (Å²) in [5, 5.41) is 5.85. The van der Waals surface area contributed by atoms with Gasteiger partial charge < -0.3 is 10.1 Å². The van der Waals surface area contributed by atoms with E-state index in [0.717, 1.165) is 21.5 Å². The summed E-state index contributed by atoms with van der Waals surface area (Å²) in [4.78, 5) is 0. The number of methoxy groups -OCH3 is 1. The predicted octanol–water partition coefficient (Wildman–Crippen LogP) is 3.53. The van der Waals surface area contributed by atoms with Crippen molar-refractivity contribution in [3.63, 3.8) is 0 Å². The van der Waals surface area contributed by atoms with Crippen molar-refractivity contribution in [2.75, 3.05) is 12.1 Å². The van der Waals surface area contributed by atoms with Crippen LogP contribution in [-0.4, -0.2) is 12.2 Å². The van der Waals surface area contributed by atoms with E-state index in [9.17, 15) is 0 Å². The highest BCUT2D eigenvalue weighted by Crippen LogP contribution is 2.29. The molecule has 4 nitrogen and oxygen atoms in total. The van der Waals surface area contributed by atoms with Gasteiger partial charge in [0.05, 0.1) is 12.8 Å². The number of hydrogen-bond acceptors (Lipinski definition) is 3. The van der Waals surface area contributed by atoms with E-state index in [1.54, 1.807) is 7.11 Å². The Morgan fingerprint density at radius 3 is 2.59 bits per heavy atom. The van der Waals surface area contributed by atoms with Gasteiger partial charge in [-0.15, -0.1) is 0 Å². The second kappa shape index (κ2) is 5.87. The summed E-state index contributed by atoms with van der Waals surface area (Å²) in [7, 11) is 1.66. The number of thiocarbonyl (C=S) groups is 1. The maximum absolute atomic E-state index is 5.47. The Hall–Kier alpha value is -1.63. The number of ether oxygens (including phenoxy) is 1. The van der Waals surface area contributed by atoms with Gasteiger partial charge in [-0.05, 0) is 61.1 Å². The lowest BCUT2D eigenvalue weighted by atomic mass is 10.0. The van der Waals surface area contributed by atoms with Crippen LogP contribution in [0.15, 0.2) is 53.0 Å². The molecule has 0 aromatic heterocycles. The normalized spacial score (nSPS) is 20.9. The van der Waals surface area contributed by atoms with Crippen LogP contribution in [0.1, 0.15) is 12.5 Å². The molecular formula is C16H16BrN3OS. The van der Waals surface area contributed by atoms with Crippen molar-refractivity contribution in [2.45, 2.75) is 12.6 Å². The summed E-state index contributed by atoms with van der Waals surface area (Å²) in [5.74, 6) is 0.815. The molecule has 1 saturated heterocycles. The number of hydrogen-bond donors (Lipinski definition) is 2. The number of nitrogens with zero attached hydrogens (tertiary/aromatic N) is 1. The van der Waals surface area contributed by atoms with Crippen LogP contribution >= 0.6 is 28.1 Å². The number of rotatable bonds is 3. The third-order valence-electron chi connectivity index (χ3n) is 3.63. The summed E-state index contributed by atoms with van der Waals surface area (Å²) < 4.78 is 6.34. The van der Waals surface area contributed by atoms with Crippen molar-refractivity contribution < 1.29 is 4.74 Å². The first-order valence-electron chi connectivity index (χ1n) is 6.82. The number of benzene rings is 2. The highest BCUT2D eigenvalue weighted by atomic mass is 79.9. The molecule has 0 unspecified atom stereocenters. The fourth-order valence-electron chi connectivity index (χ4n) is 2.41. The average molecular weight is 378 g/mol. The first-order valence-corrected chi connectivity index (χ1v) is 8.02. The van der Waals surface area contributed by atoms with Crippen molar-refractivity contribution >= 4 is 38.9 Å². The summed E-state index contributed by atoms with van der Waals surface area (Å²) >= 11 is 8.92. The van der Waals surface area contributed by atoms with Crippen molar-refractivity contribution in [3.05, 3.63) is 58.6 Å². The highest BCUT2D eigenvalue weighted by Gasteiger charge is 2.38. The van der Waals surface area contributed by atoms with Gasteiger partial charge in [-0.3, -0.25) is 0 Å². The van der Waals surface area contributed by atoms with Crippen LogP contribution in [0, 0.1) is 0 Å². The lowest BCUT2D eigenvalue weighted by molar-refractivity contribution is 0.381. The molecule has 0 saturated carbocycles. The average Bonchev–Trinajstić information content (AvgIpc) is 2.84. The van der Waals surface area contributed by atoms with Crippen LogP contribution in [0.3, 0.4) is 0 Å². The molecule has 1 aliphatic rings. The van der Waals surface area contributed by atoms with E-state index in [0.29, 0.717) is 5.11 Å². The largest absolute Gasteiger partial charge is 0.497 e. The van der Waals surface area contributed by atoms with Crippen LogP contribution in [0.4, 0.5) is 5.69 Å². The zero-order valence-electron chi connectivity index (χ0n) is 12.3. The molecule has 0 bridgehead atoms. The summed E-state index contributed by atoms with van der Waals surface area (Å²) in [6, 6.07) is 15.9. The Morgan fingerprint density at radius 1 is 1.18 bits per heavy atom. The van der Waals surface area contributed by atoms with E-state index in [4.69, 9.17) is 17.0 Å². The van der Waals surface area contributed by atoms with Crippen LogP contribution in [-0.2, 0) is 5.66 Å². The molecule has 2 N–H and O–H groups in total. The monoisotopic (exact) mass is 377 g/mol. The number of halogens is 1. The third-order valence-corrected chi connectivity index (χ3v) is 4.44. The van der Waals surface area contributed by atoms with Gasteiger partial charge in [0.1, 0.15) is 11.4 Å². The van der Waals surface area contributed by atoms with Gasteiger partial charge in [0.2, 0.25) is 0 Å². The van der Waals surface area contributed by atoms with Gasteiger partial charge in [-0.2, -0.15) is 5.43 Å². The molecule has 3 rings (SSSR count). The Kier molecular flexibility index (Phi) is 4.08. The maximum Gasteiger partial charge on any atom is 0.190 e. The molecule has 1 heterocycles. The minimum absolute atomic E-state index is 0.487. The second-order valence-corrected chi connectivity index (χ2v) is 6.51. The van der Waals surface area contributed by atoms with E-state index in [-0.39, 0.29) is 0 Å². The third kappa shape index (κ3) is 2.82. The Balaban J connectivity index is 1.90. The van der Waals surface area contributed by atoms with E-state index in [1.165, 1.54) is 0 Å². The van der Waals surface area contributed by atoms with Crippen molar-refractivity contribution in [1.82, 2.24) is 10.7 Å². The zero-order chi connectivity index (χ0) is 15.7. The van der Waals surface area contributed by atoms with E-state index in [1.807, 2.05) is 60.5 Å². The molecule has 1 fully saturated rings. The molecule has 2 aromatic carbocycles. The quantitative estimate of drug-likeness (QED) is 0.800. The molecule has 2 aromatic rings. The number of anilines is 1. The molecule has 6 heteroatoms. The molecule has 0 aliphatic carbocycles. The summed E-state index contributed by atoms with van der Waals surface area (Å²) in [5.41, 5.74) is 4.97. The minimum atomic E-state index is -0.487. The van der Waals surface area contributed by atoms with Crippen molar-refractivity contribution in [2.24, 2.45) is 0 Å². The molecular weight excluding hydrogens is 362 g/mol. The van der Waals surface area contributed by atoms with E-state index in [2.05, 4.69) is 26.7 Å². The predicted molar refractivity (Wildman–Crippen MR) is 95.8 cm³/mol. The van der Waals surface area contributed by atoms with Crippen LogP contribution in [0.5, 0.6) is 5.75 Å². The van der Waals surface area contributed by atoms with Gasteiger partial charge in [0.15, 0.2) is 5.11 Å². The first kappa shape index (κ1) is 15.3. The lowest BCUT2D eigenvalue weighted by Crippen LogP contribution is -2.45. The molecule has 22 heavy (non-hydrogen) atoms. The lowest BCUT2D eigenvalue weighted by Gasteiger charge is -2.26. The molecule has 0 spiro atoms. The second-order valence-electron chi connectivity index (χ2n) is 5.21.